The third kappa shape index (κ3) is 15.2. The van der Waals surface area contributed by atoms with Gasteiger partial charge in [-0.15, -0.1) is 0 Å². The summed E-state index contributed by atoms with van der Waals surface area (Å²) in [6, 6.07) is 19.3. The van der Waals surface area contributed by atoms with Gasteiger partial charge in [0.2, 0.25) is 0 Å². The molecule has 0 aliphatic carbocycles. The van der Waals surface area contributed by atoms with E-state index in [1.165, 1.54) is 51.5 Å². The van der Waals surface area contributed by atoms with Crippen LogP contribution in [0.25, 0.3) is 0 Å². The SMILES string of the molecule is C.CCN1CCN(c2ccc(N)cc2)CC1.CCN1CCN(c2ccc([N+](=O)[O-])cc2)CC1.CCN1CCNCC1.O=[N+]([O-])c1ccc(F)cc1. The van der Waals surface area contributed by atoms with Crippen molar-refractivity contribution in [2.75, 3.05) is 114 Å². The van der Waals surface area contributed by atoms with Gasteiger partial charge in [-0.05, 0) is 68.2 Å². The predicted octanol–water partition coefficient (Wildman–Crippen LogP) is 5.43. The number of nitrogens with one attached hydrogen (secondary N) is 1. The number of hydrogen-bond donors (Lipinski definition) is 2. The van der Waals surface area contributed by atoms with Crippen LogP contribution in [0.1, 0.15) is 28.2 Å². The average Bonchev–Trinajstić information content (AvgIpc) is 3.16. The molecule has 0 radical (unpaired) electrons. The summed E-state index contributed by atoms with van der Waals surface area (Å²) in [7, 11) is 0. The van der Waals surface area contributed by atoms with Crippen molar-refractivity contribution in [1.29, 1.82) is 0 Å². The van der Waals surface area contributed by atoms with Gasteiger partial charge in [-0.1, -0.05) is 28.2 Å². The molecule has 14 heteroatoms. The first-order valence-electron chi connectivity index (χ1n) is 17.5. The summed E-state index contributed by atoms with van der Waals surface area (Å²) in [6.07, 6.45) is 0. The zero-order valence-electron chi connectivity index (χ0n) is 29.8. The summed E-state index contributed by atoms with van der Waals surface area (Å²) in [5, 5.41) is 23.9. The van der Waals surface area contributed by atoms with Gasteiger partial charge in [0, 0.05) is 120 Å². The lowest BCUT2D eigenvalue weighted by Crippen LogP contribution is -2.46. The number of piperazine rings is 3. The van der Waals surface area contributed by atoms with E-state index in [9.17, 15) is 24.6 Å². The van der Waals surface area contributed by atoms with Gasteiger partial charge in [0.1, 0.15) is 5.82 Å². The molecule has 282 valence electrons. The normalized spacial score (nSPS) is 16.5. The first-order chi connectivity index (χ1) is 24.1. The molecule has 3 heterocycles. The van der Waals surface area contributed by atoms with E-state index < -0.39 is 10.7 Å². The number of nitrogen functional groups attached to an aromatic ring is 1. The number of nitro benzene ring substituents is 2. The van der Waals surface area contributed by atoms with Gasteiger partial charge in [-0.2, -0.15) is 0 Å². The molecule has 6 rings (SSSR count). The number of likely N-dealkylation sites (N-methyl/N-ethyl adjacent to an activating group) is 3. The smallest absolute Gasteiger partial charge is 0.269 e. The van der Waals surface area contributed by atoms with Crippen LogP contribution in [0.2, 0.25) is 0 Å². The number of hydrogen-bond acceptors (Lipinski definition) is 11. The molecule has 13 nitrogen and oxygen atoms in total. The number of rotatable bonds is 7. The van der Waals surface area contributed by atoms with E-state index in [0.29, 0.717) is 0 Å². The van der Waals surface area contributed by atoms with Gasteiger partial charge in [-0.25, -0.2) is 4.39 Å². The maximum Gasteiger partial charge on any atom is 0.269 e. The van der Waals surface area contributed by atoms with Crippen molar-refractivity contribution in [3.8, 4) is 0 Å². The molecule has 0 spiro atoms. The molecule has 3 N–H and O–H groups in total. The zero-order valence-corrected chi connectivity index (χ0v) is 29.8. The van der Waals surface area contributed by atoms with Crippen molar-refractivity contribution < 1.29 is 14.2 Å². The minimum absolute atomic E-state index is 0. The number of nitro groups is 2. The second-order valence-electron chi connectivity index (χ2n) is 12.1. The highest BCUT2D eigenvalue weighted by Crippen LogP contribution is 2.21. The molecule has 3 aromatic carbocycles. The molecule has 0 atom stereocenters. The van der Waals surface area contributed by atoms with Crippen LogP contribution in [0.3, 0.4) is 0 Å². The highest BCUT2D eigenvalue weighted by atomic mass is 19.1. The molecule has 3 aliphatic rings. The van der Waals surface area contributed by atoms with Crippen LogP contribution in [0, 0.1) is 26.0 Å². The fourth-order valence-corrected chi connectivity index (χ4v) is 5.71. The molecule has 3 aromatic rings. The van der Waals surface area contributed by atoms with Gasteiger partial charge in [0.05, 0.1) is 9.85 Å². The summed E-state index contributed by atoms with van der Waals surface area (Å²) >= 11 is 0. The monoisotopic (exact) mass is 711 g/mol. The lowest BCUT2D eigenvalue weighted by Gasteiger charge is -2.35. The highest BCUT2D eigenvalue weighted by molar-refractivity contribution is 5.53. The Morgan fingerprint density at radius 3 is 1.25 bits per heavy atom. The molecule has 0 unspecified atom stereocenters. The van der Waals surface area contributed by atoms with Crippen LogP contribution in [-0.4, -0.2) is 123 Å². The molecule has 3 saturated heterocycles. The molecular weight excluding hydrogens is 653 g/mol. The van der Waals surface area contributed by atoms with E-state index in [4.69, 9.17) is 5.73 Å². The Hall–Kier alpha value is -4.37. The molecule has 51 heavy (non-hydrogen) atoms. The van der Waals surface area contributed by atoms with Gasteiger partial charge < -0.3 is 35.6 Å². The van der Waals surface area contributed by atoms with Gasteiger partial charge in [0.25, 0.3) is 11.4 Å². The van der Waals surface area contributed by atoms with Crippen molar-refractivity contribution in [1.82, 2.24) is 20.0 Å². The minimum atomic E-state index is -0.570. The van der Waals surface area contributed by atoms with E-state index >= 15 is 0 Å². The molecule has 3 fully saturated rings. The first-order valence-corrected chi connectivity index (χ1v) is 17.5. The Balaban J connectivity index is 0.000000243. The van der Waals surface area contributed by atoms with Gasteiger partial charge in [-0.3, -0.25) is 20.2 Å². The van der Waals surface area contributed by atoms with E-state index in [1.54, 1.807) is 12.1 Å². The van der Waals surface area contributed by atoms with Crippen LogP contribution in [0.4, 0.5) is 32.8 Å². The van der Waals surface area contributed by atoms with E-state index in [1.807, 2.05) is 24.3 Å². The molecular formula is C37H58FN9O4. The first kappa shape index (κ1) is 42.8. The Labute approximate surface area is 303 Å². The largest absolute Gasteiger partial charge is 0.399 e. The summed E-state index contributed by atoms with van der Waals surface area (Å²) in [5.74, 6) is -0.467. The molecule has 3 aliphatic heterocycles. The van der Waals surface area contributed by atoms with Crippen molar-refractivity contribution in [2.45, 2.75) is 28.2 Å². The summed E-state index contributed by atoms with van der Waals surface area (Å²) in [5.41, 5.74) is 8.94. The van der Waals surface area contributed by atoms with E-state index in [0.717, 1.165) is 88.0 Å². The molecule has 0 saturated carbocycles. The maximum atomic E-state index is 12.1. The second kappa shape index (κ2) is 23.2. The van der Waals surface area contributed by atoms with Crippen LogP contribution >= 0.6 is 0 Å². The zero-order chi connectivity index (χ0) is 36.3. The van der Waals surface area contributed by atoms with Gasteiger partial charge >= 0.3 is 0 Å². The fourth-order valence-electron chi connectivity index (χ4n) is 5.71. The molecule has 0 amide bonds. The lowest BCUT2D eigenvalue weighted by atomic mass is 10.2. The summed E-state index contributed by atoms with van der Waals surface area (Å²) in [4.78, 5) is 31.7. The number of anilines is 3. The topological polar surface area (TPSA) is 141 Å². The Bertz CT molecular complexity index is 1390. The van der Waals surface area contributed by atoms with Gasteiger partial charge in [0.15, 0.2) is 0 Å². The Kier molecular flexibility index (Phi) is 19.4. The number of benzene rings is 3. The maximum absolute atomic E-state index is 12.1. The van der Waals surface area contributed by atoms with Crippen molar-refractivity contribution >= 4 is 28.4 Å². The van der Waals surface area contributed by atoms with Crippen LogP contribution in [-0.2, 0) is 0 Å². The average molecular weight is 712 g/mol. The number of non-ortho nitro benzene ring substituents is 2. The third-order valence-corrected chi connectivity index (χ3v) is 9.02. The van der Waals surface area contributed by atoms with Crippen molar-refractivity contribution in [2.24, 2.45) is 0 Å². The van der Waals surface area contributed by atoms with Crippen molar-refractivity contribution in [3.05, 3.63) is 98.8 Å². The standard InChI is InChI=1S/C12H17N3O2.C12H19N3.C6H4FNO2.C6H14N2.CH4/c1-2-13-7-9-14(10-8-13)11-3-5-12(6-4-11)15(16)17;1-2-14-7-9-15(10-8-14)12-5-3-11(13)4-6-12;7-5-1-3-6(4-2-5)8(9)10;1-2-8-5-3-7-4-6-8;/h3-6H,2,7-10H2,1H3;3-6H,2,7-10,13H2,1H3;1-4H;7H,2-6H2,1H3;1H4. The summed E-state index contributed by atoms with van der Waals surface area (Å²) < 4.78 is 12.1. The number of nitrogens with zero attached hydrogens (tertiary/aromatic N) is 7. The minimum Gasteiger partial charge on any atom is -0.399 e. The van der Waals surface area contributed by atoms with Crippen molar-refractivity contribution in [3.63, 3.8) is 0 Å². The second-order valence-corrected chi connectivity index (χ2v) is 12.1. The van der Waals surface area contributed by atoms with E-state index in [-0.39, 0.29) is 23.7 Å². The van der Waals surface area contributed by atoms with Crippen LogP contribution in [0.15, 0.2) is 72.8 Å². The third-order valence-electron chi connectivity index (χ3n) is 9.02. The number of nitrogens with two attached hydrogens (primary N) is 1. The fraction of sp³-hybridized carbons (Fsp3) is 0.514. The predicted molar refractivity (Wildman–Crippen MR) is 207 cm³/mol. The molecule has 0 aromatic heterocycles. The number of halogens is 1. The molecule has 0 bridgehead atoms. The van der Waals surface area contributed by atoms with E-state index in [2.05, 4.69) is 62.7 Å². The van der Waals surface area contributed by atoms with Crippen LogP contribution < -0.4 is 20.9 Å². The lowest BCUT2D eigenvalue weighted by molar-refractivity contribution is -0.385. The highest BCUT2D eigenvalue weighted by Gasteiger charge is 2.17. The quantitative estimate of drug-likeness (QED) is 0.184. The Morgan fingerprint density at radius 1 is 0.588 bits per heavy atom. The Morgan fingerprint density at radius 2 is 0.922 bits per heavy atom. The van der Waals surface area contributed by atoms with Crippen LogP contribution in [0.5, 0.6) is 0 Å². The summed E-state index contributed by atoms with van der Waals surface area (Å²) in [6.45, 7) is 23.6.